The van der Waals surface area contributed by atoms with Gasteiger partial charge in [0.05, 0.1) is 0 Å². The van der Waals surface area contributed by atoms with Crippen LogP contribution in [0.1, 0.15) is 115 Å². The summed E-state index contributed by atoms with van der Waals surface area (Å²) in [5.74, 6) is 0. The van der Waals surface area contributed by atoms with Crippen LogP contribution < -0.4 is 16.8 Å². The van der Waals surface area contributed by atoms with Gasteiger partial charge in [-0.2, -0.15) is 0 Å². The van der Waals surface area contributed by atoms with Gasteiger partial charge < -0.3 is 31.2 Å². The van der Waals surface area contributed by atoms with Crippen LogP contribution in [0.15, 0.2) is 0 Å². The van der Waals surface area contributed by atoms with Crippen LogP contribution in [0.25, 0.3) is 0 Å². The molecule has 0 unspecified atom stereocenters. The van der Waals surface area contributed by atoms with Gasteiger partial charge in [-0.3, -0.25) is 0 Å². The number of rotatable bonds is 2. The molecule has 0 aliphatic heterocycles. The first-order chi connectivity index (χ1) is 15.2. The molecule has 0 saturated heterocycles. The Kier molecular flexibility index (Phi) is 23.7. The minimum absolute atomic E-state index is 0. The van der Waals surface area contributed by atoms with Crippen molar-refractivity contribution in [1.29, 1.82) is 0 Å². The van der Waals surface area contributed by atoms with E-state index in [0.29, 0.717) is 12.1 Å². The summed E-state index contributed by atoms with van der Waals surface area (Å²) in [4.78, 5) is 26.9. The van der Waals surface area contributed by atoms with E-state index in [4.69, 9.17) is 20.9 Å². The zero-order chi connectivity index (χ0) is 25.8. The molecule has 2 aliphatic carbocycles. The van der Waals surface area contributed by atoms with Crippen molar-refractivity contribution in [2.45, 2.75) is 151 Å². The average molecular weight is 633 g/mol. The van der Waals surface area contributed by atoms with Crippen LogP contribution in [0.3, 0.4) is 0 Å². The van der Waals surface area contributed by atoms with Gasteiger partial charge in [-0.05, 0) is 97.8 Å². The van der Waals surface area contributed by atoms with E-state index in [9.17, 15) is 9.59 Å². The van der Waals surface area contributed by atoms with Gasteiger partial charge in [0.1, 0.15) is 11.2 Å². The summed E-state index contributed by atoms with van der Waals surface area (Å²) in [6.45, 7) is 11.2. The number of nitrogens with one attached hydrogen (secondary N) is 1. The minimum atomic E-state index is -0.421. The van der Waals surface area contributed by atoms with Crippen LogP contribution in [0.5, 0.6) is 0 Å². The highest BCUT2D eigenvalue weighted by atomic mass is 127. The Bertz CT molecular complexity index is 563. The fraction of sp³-hybridized carbons (Fsp3) is 0.926. The molecule has 0 aromatic heterocycles. The van der Waals surface area contributed by atoms with Gasteiger partial charge in [0.25, 0.3) is 0 Å². The topological polar surface area (TPSA) is 120 Å². The second kappa shape index (κ2) is 20.2. The highest BCUT2D eigenvalue weighted by molar-refractivity contribution is 14.1. The van der Waals surface area contributed by atoms with E-state index in [2.05, 4.69) is 27.9 Å². The van der Waals surface area contributed by atoms with E-state index in [1.165, 1.54) is 0 Å². The van der Waals surface area contributed by atoms with Crippen molar-refractivity contribution in [2.24, 2.45) is 11.5 Å². The Labute approximate surface area is 237 Å². The largest absolute Gasteiger partial charge is 0.444 e. The fourth-order valence-corrected chi connectivity index (χ4v) is 3.71. The van der Waals surface area contributed by atoms with Gasteiger partial charge in [0.15, 0.2) is 0 Å². The van der Waals surface area contributed by atoms with Crippen LogP contribution in [0.2, 0.25) is 0 Å². The Morgan fingerprint density at radius 2 is 1.11 bits per heavy atom. The Morgan fingerprint density at radius 1 is 0.750 bits per heavy atom. The zero-order valence-electron chi connectivity index (χ0n) is 22.1. The third-order valence-electron chi connectivity index (χ3n) is 5.46. The summed E-state index contributed by atoms with van der Waals surface area (Å²) >= 11 is 2.15. The molecule has 2 rings (SSSR count). The molecule has 0 aromatic carbocycles. The first kappa shape index (κ1) is 42.3. The van der Waals surface area contributed by atoms with E-state index >= 15 is 0 Å². The minimum Gasteiger partial charge on any atom is -0.444 e. The lowest BCUT2D eigenvalue weighted by Crippen LogP contribution is -2.44. The van der Waals surface area contributed by atoms with Crippen LogP contribution >= 0.6 is 22.6 Å². The standard InChI is InChI=1S/C12H24N2O2.C11H22N2O2.CH3I.3CH4/c1-12(2,3)16-11(15)14(4)10-7-5-9(13)6-8-10;1-11(2,3)15-10(14)13-9-6-4-8(12)5-7-9;1-2;;;/h9-10H,5-8,13H2,1-4H3;8-9H,4-7,12H2,1-3H3,(H,13,14);1H3;3*1H4. The smallest absolute Gasteiger partial charge is 0.410 e. The molecule has 0 atom stereocenters. The predicted octanol–water partition coefficient (Wildman–Crippen LogP) is 6.86. The quantitative estimate of drug-likeness (QED) is 0.226. The second-order valence-electron chi connectivity index (χ2n) is 10.9. The highest BCUT2D eigenvalue weighted by Gasteiger charge is 2.28. The third-order valence-corrected chi connectivity index (χ3v) is 5.46. The molecule has 0 aromatic rings. The number of hydrogen-bond acceptors (Lipinski definition) is 6. The monoisotopic (exact) mass is 632 g/mol. The first-order valence-corrected chi connectivity index (χ1v) is 14.2. The van der Waals surface area contributed by atoms with Crippen molar-refractivity contribution in [3.8, 4) is 0 Å². The normalized spacial score (nSPS) is 23.2. The molecule has 2 aliphatic rings. The Hall–Kier alpha value is -0.810. The van der Waals surface area contributed by atoms with Gasteiger partial charge in [-0.25, -0.2) is 9.59 Å². The van der Waals surface area contributed by atoms with E-state index in [0.717, 1.165) is 51.4 Å². The van der Waals surface area contributed by atoms with Crippen molar-refractivity contribution in [3.05, 3.63) is 0 Å². The Morgan fingerprint density at radius 3 is 1.47 bits per heavy atom. The number of alkyl carbamates (subject to hydrolysis) is 1. The number of hydrogen-bond donors (Lipinski definition) is 3. The molecule has 5 N–H and O–H groups in total. The van der Waals surface area contributed by atoms with Gasteiger partial charge in [-0.15, -0.1) is 0 Å². The molecule has 9 heteroatoms. The molecule has 0 spiro atoms. The maximum atomic E-state index is 11.8. The van der Waals surface area contributed by atoms with Crippen molar-refractivity contribution in [1.82, 2.24) is 10.2 Å². The molecule has 220 valence electrons. The lowest BCUT2D eigenvalue weighted by Gasteiger charge is -2.34. The summed E-state index contributed by atoms with van der Waals surface area (Å²) in [5.41, 5.74) is 10.8. The number of alkyl halides is 1. The number of carbonyl (C=O) groups is 2. The predicted molar refractivity (Wildman–Crippen MR) is 164 cm³/mol. The summed E-state index contributed by atoms with van der Waals surface area (Å²) in [6.07, 6.45) is 7.31. The summed E-state index contributed by atoms with van der Waals surface area (Å²) in [6, 6.07) is 1.14. The van der Waals surface area contributed by atoms with E-state index in [1.807, 2.05) is 53.5 Å². The van der Waals surface area contributed by atoms with Crippen molar-refractivity contribution in [2.75, 3.05) is 12.0 Å². The SMILES string of the molecule is C.C.C.CC(C)(C)OC(=O)NC1CCC(N)CC1.CI.CN(C(=O)OC(C)(C)C)C1CCC(N)CC1. The number of ether oxygens (including phenoxy) is 2. The maximum absolute atomic E-state index is 11.8. The molecule has 0 heterocycles. The first-order valence-electron chi connectivity index (χ1n) is 12.0. The van der Waals surface area contributed by atoms with Crippen LogP contribution in [0.4, 0.5) is 9.59 Å². The van der Waals surface area contributed by atoms with Crippen molar-refractivity contribution >= 4 is 34.8 Å². The summed E-state index contributed by atoms with van der Waals surface area (Å²) in [5, 5.41) is 2.88. The maximum Gasteiger partial charge on any atom is 0.410 e. The van der Waals surface area contributed by atoms with Crippen LogP contribution in [-0.2, 0) is 9.47 Å². The molecule has 8 nitrogen and oxygen atoms in total. The second-order valence-corrected chi connectivity index (χ2v) is 10.9. The van der Waals surface area contributed by atoms with Crippen LogP contribution in [-0.4, -0.2) is 64.4 Å². The van der Waals surface area contributed by atoms with Gasteiger partial charge >= 0.3 is 12.2 Å². The number of halogens is 1. The summed E-state index contributed by atoms with van der Waals surface area (Å²) < 4.78 is 10.5. The van der Waals surface area contributed by atoms with E-state index in [-0.39, 0.29) is 46.6 Å². The van der Waals surface area contributed by atoms with E-state index in [1.54, 1.807) is 4.90 Å². The molecular weight excluding hydrogens is 571 g/mol. The average Bonchev–Trinajstić information content (AvgIpc) is 2.69. The summed E-state index contributed by atoms with van der Waals surface area (Å²) in [7, 11) is 1.82. The molecule has 2 fully saturated rings. The Balaban J connectivity index is -0.000000247. The number of carbonyl (C=O) groups excluding carboxylic acids is 2. The molecular formula is C27H61IN4O4. The number of nitrogens with two attached hydrogens (primary N) is 2. The van der Waals surface area contributed by atoms with E-state index < -0.39 is 11.2 Å². The number of nitrogens with zero attached hydrogens (tertiary/aromatic N) is 1. The molecule has 36 heavy (non-hydrogen) atoms. The third kappa shape index (κ3) is 20.3. The van der Waals surface area contributed by atoms with Gasteiger partial charge in [0, 0.05) is 31.2 Å². The fourth-order valence-electron chi connectivity index (χ4n) is 3.71. The van der Waals surface area contributed by atoms with Gasteiger partial charge in [-0.1, -0.05) is 44.9 Å². The van der Waals surface area contributed by atoms with Crippen LogP contribution in [0, 0.1) is 0 Å². The lowest BCUT2D eigenvalue weighted by atomic mass is 9.91. The highest BCUT2D eigenvalue weighted by Crippen LogP contribution is 2.22. The molecule has 0 radical (unpaired) electrons. The number of amides is 2. The lowest BCUT2D eigenvalue weighted by molar-refractivity contribution is 0.0183. The molecule has 2 saturated carbocycles. The molecule has 2 amide bonds. The zero-order valence-corrected chi connectivity index (χ0v) is 24.2. The molecule has 0 bridgehead atoms. The van der Waals surface area contributed by atoms with Crippen molar-refractivity contribution in [3.63, 3.8) is 0 Å². The van der Waals surface area contributed by atoms with Gasteiger partial charge in [0.2, 0.25) is 0 Å². The van der Waals surface area contributed by atoms with Crippen molar-refractivity contribution < 1.29 is 19.1 Å².